The Morgan fingerprint density at radius 3 is 2.88 bits per heavy atom. The van der Waals surface area contributed by atoms with E-state index >= 15 is 0 Å². The number of hydrogen-bond acceptors (Lipinski definition) is 3. The molecule has 0 radical (unpaired) electrons. The number of pyridine rings is 1. The highest BCUT2D eigenvalue weighted by Gasteiger charge is 2.01. The maximum absolute atomic E-state index is 5.72. The Morgan fingerprint density at radius 2 is 2.18 bits per heavy atom. The maximum atomic E-state index is 5.72. The Hall–Kier alpha value is -1.30. The van der Waals surface area contributed by atoms with Crippen LogP contribution in [0.3, 0.4) is 0 Å². The van der Waals surface area contributed by atoms with Crippen LogP contribution in [0.4, 0.5) is 11.4 Å². The zero-order chi connectivity index (χ0) is 12.3. The van der Waals surface area contributed by atoms with Gasteiger partial charge in [-0.2, -0.15) is 0 Å². The van der Waals surface area contributed by atoms with E-state index in [1.54, 1.807) is 0 Å². The zero-order valence-electron chi connectivity index (χ0n) is 9.57. The molecule has 2 aromatic rings. The number of benzene rings is 1. The van der Waals surface area contributed by atoms with Crippen LogP contribution in [0.2, 0.25) is 0 Å². The van der Waals surface area contributed by atoms with Crippen molar-refractivity contribution >= 4 is 34.0 Å². The van der Waals surface area contributed by atoms with Gasteiger partial charge in [-0.1, -0.05) is 0 Å². The highest BCUT2D eigenvalue weighted by atomic mass is 127. The van der Waals surface area contributed by atoms with Crippen molar-refractivity contribution in [2.24, 2.45) is 0 Å². The van der Waals surface area contributed by atoms with Gasteiger partial charge in [0, 0.05) is 33.9 Å². The molecule has 1 heterocycles. The third kappa shape index (κ3) is 3.09. The van der Waals surface area contributed by atoms with Crippen molar-refractivity contribution in [1.29, 1.82) is 0 Å². The number of nitrogens with zero attached hydrogens (tertiary/aromatic N) is 1. The smallest absolute Gasteiger partial charge is 0.0480 e. The summed E-state index contributed by atoms with van der Waals surface area (Å²) in [6.07, 6.45) is 3.71. The number of hydrogen-bond donors (Lipinski definition) is 2. The number of halogens is 1. The lowest BCUT2D eigenvalue weighted by atomic mass is 10.1. The Bertz CT molecular complexity index is 526. The van der Waals surface area contributed by atoms with E-state index < -0.39 is 0 Å². The van der Waals surface area contributed by atoms with E-state index in [9.17, 15) is 0 Å². The van der Waals surface area contributed by atoms with Crippen molar-refractivity contribution in [3.63, 3.8) is 0 Å². The first-order chi connectivity index (χ1) is 8.16. The average Bonchev–Trinajstić information content (AvgIpc) is 2.30. The van der Waals surface area contributed by atoms with Gasteiger partial charge >= 0.3 is 0 Å². The summed E-state index contributed by atoms with van der Waals surface area (Å²) in [7, 11) is 0. The molecule has 3 N–H and O–H groups in total. The van der Waals surface area contributed by atoms with E-state index in [0.29, 0.717) is 0 Å². The molecular formula is C13H14IN3. The molecule has 0 bridgehead atoms. The van der Waals surface area contributed by atoms with Crippen LogP contribution in [-0.2, 0) is 6.54 Å². The van der Waals surface area contributed by atoms with Crippen LogP contribution in [0.5, 0.6) is 0 Å². The van der Waals surface area contributed by atoms with Gasteiger partial charge in [-0.25, -0.2) is 0 Å². The molecule has 0 amide bonds. The van der Waals surface area contributed by atoms with E-state index in [1.165, 1.54) is 11.1 Å². The number of rotatable bonds is 3. The van der Waals surface area contributed by atoms with Gasteiger partial charge in [0.15, 0.2) is 0 Å². The zero-order valence-corrected chi connectivity index (χ0v) is 11.7. The summed E-state index contributed by atoms with van der Waals surface area (Å²) in [5.74, 6) is 0. The molecular weight excluding hydrogens is 325 g/mol. The quantitative estimate of drug-likeness (QED) is 0.667. The van der Waals surface area contributed by atoms with Gasteiger partial charge in [0.05, 0.1) is 0 Å². The van der Waals surface area contributed by atoms with Crippen LogP contribution in [-0.4, -0.2) is 4.98 Å². The molecule has 0 aliphatic rings. The van der Waals surface area contributed by atoms with Crippen molar-refractivity contribution < 1.29 is 0 Å². The molecule has 0 aliphatic carbocycles. The predicted octanol–water partition coefficient (Wildman–Crippen LogP) is 3.19. The lowest BCUT2D eigenvalue weighted by Crippen LogP contribution is -2.03. The standard InChI is InChI=1S/C13H14IN3/c1-9-4-5-16-7-10(9)8-17-13-3-2-11(15)6-12(13)14/h2-7,17H,8,15H2,1H3. The molecule has 1 aromatic heterocycles. The summed E-state index contributed by atoms with van der Waals surface area (Å²) in [6, 6.07) is 7.88. The van der Waals surface area contributed by atoms with Gasteiger partial charge < -0.3 is 11.1 Å². The fourth-order valence-electron chi connectivity index (χ4n) is 1.55. The first kappa shape index (κ1) is 12.2. The Kier molecular flexibility index (Phi) is 3.83. The number of nitrogens with one attached hydrogen (secondary N) is 1. The number of nitrogen functional groups attached to an aromatic ring is 1. The van der Waals surface area contributed by atoms with Crippen LogP contribution < -0.4 is 11.1 Å². The fourth-order valence-corrected chi connectivity index (χ4v) is 2.28. The molecule has 0 spiro atoms. The van der Waals surface area contributed by atoms with Crippen molar-refractivity contribution in [1.82, 2.24) is 4.98 Å². The predicted molar refractivity (Wildman–Crippen MR) is 79.9 cm³/mol. The largest absolute Gasteiger partial charge is 0.399 e. The normalized spacial score (nSPS) is 10.2. The van der Waals surface area contributed by atoms with Crippen LogP contribution >= 0.6 is 22.6 Å². The highest BCUT2D eigenvalue weighted by molar-refractivity contribution is 14.1. The molecule has 88 valence electrons. The van der Waals surface area contributed by atoms with Crippen LogP contribution in [0.15, 0.2) is 36.7 Å². The van der Waals surface area contributed by atoms with Gasteiger partial charge in [0.1, 0.15) is 0 Å². The number of aromatic nitrogens is 1. The molecule has 3 nitrogen and oxygen atoms in total. The fraction of sp³-hybridized carbons (Fsp3) is 0.154. The molecule has 0 aliphatic heterocycles. The van der Waals surface area contributed by atoms with Gasteiger partial charge in [0.25, 0.3) is 0 Å². The first-order valence-electron chi connectivity index (χ1n) is 5.35. The van der Waals surface area contributed by atoms with E-state index in [0.717, 1.165) is 21.5 Å². The maximum Gasteiger partial charge on any atom is 0.0480 e. The molecule has 17 heavy (non-hydrogen) atoms. The number of nitrogens with two attached hydrogens (primary N) is 1. The summed E-state index contributed by atoms with van der Waals surface area (Å²) >= 11 is 2.28. The second-order valence-electron chi connectivity index (χ2n) is 3.89. The van der Waals surface area contributed by atoms with Crippen molar-refractivity contribution in [2.75, 3.05) is 11.1 Å². The van der Waals surface area contributed by atoms with E-state index in [1.807, 2.05) is 36.7 Å². The Balaban J connectivity index is 2.10. The second kappa shape index (κ2) is 5.35. The molecule has 2 rings (SSSR count). The van der Waals surface area contributed by atoms with Gasteiger partial charge in [-0.3, -0.25) is 4.98 Å². The minimum atomic E-state index is 0.777. The topological polar surface area (TPSA) is 50.9 Å². The summed E-state index contributed by atoms with van der Waals surface area (Å²) < 4.78 is 1.13. The third-order valence-corrected chi connectivity index (χ3v) is 3.50. The molecule has 0 saturated carbocycles. The minimum Gasteiger partial charge on any atom is -0.399 e. The van der Waals surface area contributed by atoms with Gasteiger partial charge in [-0.05, 0) is 64.9 Å². The van der Waals surface area contributed by atoms with Crippen LogP contribution in [0, 0.1) is 10.5 Å². The van der Waals surface area contributed by atoms with Crippen molar-refractivity contribution in [3.8, 4) is 0 Å². The number of aryl methyl sites for hydroxylation is 1. The summed E-state index contributed by atoms with van der Waals surface area (Å²) in [5.41, 5.74) is 10.1. The molecule has 0 saturated heterocycles. The molecule has 0 unspecified atom stereocenters. The van der Waals surface area contributed by atoms with E-state index in [2.05, 4.69) is 39.8 Å². The third-order valence-electron chi connectivity index (χ3n) is 2.61. The first-order valence-corrected chi connectivity index (χ1v) is 6.43. The van der Waals surface area contributed by atoms with Crippen LogP contribution in [0.25, 0.3) is 0 Å². The van der Waals surface area contributed by atoms with Crippen LogP contribution in [0.1, 0.15) is 11.1 Å². The molecule has 0 atom stereocenters. The minimum absolute atomic E-state index is 0.777. The highest BCUT2D eigenvalue weighted by Crippen LogP contribution is 2.21. The molecule has 1 aromatic carbocycles. The number of anilines is 2. The van der Waals surface area contributed by atoms with Crippen molar-refractivity contribution in [2.45, 2.75) is 13.5 Å². The van der Waals surface area contributed by atoms with E-state index in [4.69, 9.17) is 5.73 Å². The molecule has 4 heteroatoms. The van der Waals surface area contributed by atoms with Crippen molar-refractivity contribution in [3.05, 3.63) is 51.4 Å². The summed E-state index contributed by atoms with van der Waals surface area (Å²) in [4.78, 5) is 4.13. The average molecular weight is 339 g/mol. The second-order valence-corrected chi connectivity index (χ2v) is 5.06. The lowest BCUT2D eigenvalue weighted by Gasteiger charge is -2.10. The van der Waals surface area contributed by atoms with E-state index in [-0.39, 0.29) is 0 Å². The summed E-state index contributed by atoms with van der Waals surface area (Å²) in [6.45, 7) is 2.87. The molecule has 0 fully saturated rings. The van der Waals surface area contributed by atoms with Gasteiger partial charge in [0.2, 0.25) is 0 Å². The SMILES string of the molecule is Cc1ccncc1CNc1ccc(N)cc1I. The lowest BCUT2D eigenvalue weighted by molar-refractivity contribution is 1.08. The van der Waals surface area contributed by atoms with Gasteiger partial charge in [-0.15, -0.1) is 0 Å². The monoisotopic (exact) mass is 339 g/mol. The Morgan fingerprint density at radius 1 is 1.35 bits per heavy atom. The Labute approximate surface area is 115 Å². The summed E-state index contributed by atoms with van der Waals surface area (Å²) in [5, 5.41) is 3.39.